The lowest BCUT2D eigenvalue weighted by molar-refractivity contribution is -0.137. The first kappa shape index (κ1) is 24.7. The molecular weight excluding hydrogens is 490 g/mol. The molecule has 3 aromatic carbocycles. The molecular formula is C32H29N3O4. The van der Waals surface area contributed by atoms with Crippen LogP contribution in [0.2, 0.25) is 0 Å². The molecule has 0 aliphatic heterocycles. The summed E-state index contributed by atoms with van der Waals surface area (Å²) >= 11 is 0. The summed E-state index contributed by atoms with van der Waals surface area (Å²) in [4.78, 5) is 11.2. The number of rotatable bonds is 10. The zero-order valence-corrected chi connectivity index (χ0v) is 21.7. The summed E-state index contributed by atoms with van der Waals surface area (Å²) in [5, 5.41) is 21.1. The van der Waals surface area contributed by atoms with Crippen molar-refractivity contribution in [2.75, 3.05) is 11.9 Å². The molecule has 1 saturated carbocycles. The molecule has 0 saturated heterocycles. The second-order valence-corrected chi connectivity index (χ2v) is 10.2. The Kier molecular flexibility index (Phi) is 6.49. The lowest BCUT2D eigenvalue weighted by Crippen LogP contribution is -2.12. The molecule has 7 heteroatoms. The van der Waals surface area contributed by atoms with Gasteiger partial charge in [0, 0.05) is 35.6 Å². The van der Waals surface area contributed by atoms with E-state index in [9.17, 15) is 9.90 Å². The second kappa shape index (κ2) is 10.3. The van der Waals surface area contributed by atoms with E-state index in [1.165, 1.54) is 0 Å². The topological polar surface area (TPSA) is 101 Å². The minimum atomic E-state index is -0.737. The van der Waals surface area contributed by atoms with Gasteiger partial charge in [-0.25, -0.2) is 0 Å². The Morgan fingerprint density at radius 3 is 2.21 bits per heavy atom. The van der Waals surface area contributed by atoms with Gasteiger partial charge in [-0.1, -0.05) is 89.2 Å². The quantitative estimate of drug-likeness (QED) is 0.202. The van der Waals surface area contributed by atoms with Crippen LogP contribution in [0.5, 0.6) is 0 Å². The van der Waals surface area contributed by atoms with Crippen molar-refractivity contribution < 1.29 is 18.9 Å². The summed E-state index contributed by atoms with van der Waals surface area (Å²) in [5.74, 6) is 0.767. The Balaban J connectivity index is 1.11. The van der Waals surface area contributed by atoms with Crippen LogP contribution in [0.3, 0.4) is 0 Å². The van der Waals surface area contributed by atoms with Gasteiger partial charge in [0.2, 0.25) is 0 Å². The van der Waals surface area contributed by atoms with Gasteiger partial charge in [-0.3, -0.25) is 4.79 Å². The van der Waals surface area contributed by atoms with E-state index < -0.39 is 5.97 Å². The molecule has 1 aliphatic carbocycles. The van der Waals surface area contributed by atoms with Crippen LogP contribution in [0.1, 0.15) is 36.3 Å². The second-order valence-electron chi connectivity index (χ2n) is 10.2. The first-order valence-corrected chi connectivity index (χ1v) is 13.2. The molecule has 6 rings (SSSR count). The number of carboxylic acids is 1. The summed E-state index contributed by atoms with van der Waals surface area (Å²) < 4.78 is 11.2. The van der Waals surface area contributed by atoms with Gasteiger partial charge in [-0.2, -0.15) is 0 Å². The highest BCUT2D eigenvalue weighted by Crippen LogP contribution is 2.51. The Morgan fingerprint density at radius 2 is 1.54 bits per heavy atom. The molecule has 1 fully saturated rings. The fraction of sp³-hybridized carbons (Fsp3) is 0.219. The van der Waals surface area contributed by atoms with E-state index >= 15 is 0 Å². The number of aliphatic carboxylic acids is 1. The van der Waals surface area contributed by atoms with Crippen molar-refractivity contribution in [2.45, 2.75) is 38.0 Å². The number of hydrogen-bond donors (Lipinski definition) is 2. The van der Waals surface area contributed by atoms with Crippen LogP contribution in [-0.4, -0.2) is 27.9 Å². The van der Waals surface area contributed by atoms with Crippen molar-refractivity contribution in [3.8, 4) is 33.7 Å². The van der Waals surface area contributed by atoms with Crippen LogP contribution in [-0.2, 0) is 16.6 Å². The van der Waals surface area contributed by atoms with E-state index in [1.54, 1.807) is 0 Å². The number of hydrogen-bond acceptors (Lipinski definition) is 6. The van der Waals surface area contributed by atoms with Gasteiger partial charge >= 0.3 is 5.97 Å². The molecule has 0 spiro atoms. The summed E-state index contributed by atoms with van der Waals surface area (Å²) in [6, 6.07) is 28.4. The summed E-state index contributed by atoms with van der Waals surface area (Å²) in [5.41, 5.74) is 7.55. The average Bonchev–Trinajstić information content (AvgIpc) is 3.41. The maximum Gasteiger partial charge on any atom is 0.304 e. The highest BCUT2D eigenvalue weighted by molar-refractivity contribution is 5.77. The predicted octanol–water partition coefficient (Wildman–Crippen LogP) is 7.13. The zero-order valence-electron chi connectivity index (χ0n) is 21.7. The molecule has 2 N–H and O–H groups in total. The van der Waals surface area contributed by atoms with Gasteiger partial charge in [0.1, 0.15) is 22.8 Å². The minimum absolute atomic E-state index is 0.181. The van der Waals surface area contributed by atoms with Crippen molar-refractivity contribution in [3.05, 3.63) is 102 Å². The molecule has 2 heterocycles. The number of nitrogens with zero attached hydrogens (tertiary/aromatic N) is 2. The van der Waals surface area contributed by atoms with E-state index in [-0.39, 0.29) is 11.8 Å². The van der Waals surface area contributed by atoms with Crippen LogP contribution in [0, 0.1) is 6.92 Å². The van der Waals surface area contributed by atoms with Crippen LogP contribution in [0.25, 0.3) is 33.7 Å². The van der Waals surface area contributed by atoms with Crippen LogP contribution < -0.4 is 5.32 Å². The Labute approximate surface area is 226 Å². The molecule has 5 aromatic rings. The largest absolute Gasteiger partial charge is 0.481 e. The van der Waals surface area contributed by atoms with Crippen LogP contribution in [0.15, 0.2) is 94.0 Å². The van der Waals surface area contributed by atoms with E-state index in [0.717, 1.165) is 63.5 Å². The third-order valence-corrected chi connectivity index (χ3v) is 7.49. The minimum Gasteiger partial charge on any atom is -0.481 e. The molecule has 7 nitrogen and oxygen atoms in total. The van der Waals surface area contributed by atoms with Crippen molar-refractivity contribution in [3.63, 3.8) is 0 Å². The number of carbonyl (C=O) groups is 1. The molecule has 39 heavy (non-hydrogen) atoms. The third-order valence-electron chi connectivity index (χ3n) is 7.49. The first-order chi connectivity index (χ1) is 19.0. The SMILES string of the molecule is Cc1noc(-c2ccc(-c3ccc(C4(CC(=O)O)CC4)cc3)cc2)c1NCCc1cc(-c2ccccc2)no1. The zero-order chi connectivity index (χ0) is 26.8. The molecule has 196 valence electrons. The normalized spacial score (nSPS) is 13.8. The van der Waals surface area contributed by atoms with Crippen LogP contribution in [0.4, 0.5) is 5.69 Å². The number of benzene rings is 3. The Morgan fingerprint density at radius 1 is 0.872 bits per heavy atom. The standard InChI is InChI=1S/C32H29N3O4/c1-21-30(33-18-15-27-19-28(35-38-27)24-5-3-2-4-6-24)31(39-34-21)25-9-7-22(8-10-25)23-11-13-26(14-12-23)32(16-17-32)20-29(36)37/h2-14,19,33H,15-18,20H2,1H3,(H,36,37). The third kappa shape index (κ3) is 5.21. The number of nitrogens with one attached hydrogen (secondary N) is 1. The number of anilines is 1. The monoisotopic (exact) mass is 519 g/mol. The lowest BCUT2D eigenvalue weighted by Gasteiger charge is -2.14. The van der Waals surface area contributed by atoms with E-state index in [4.69, 9.17) is 9.05 Å². The number of aromatic nitrogens is 2. The maximum atomic E-state index is 11.2. The molecule has 0 unspecified atom stereocenters. The number of carboxylic acid groups (broad SMARTS) is 1. The highest BCUT2D eigenvalue weighted by atomic mass is 16.5. The van der Waals surface area contributed by atoms with Gasteiger partial charge in [0.15, 0.2) is 5.76 Å². The first-order valence-electron chi connectivity index (χ1n) is 13.2. The fourth-order valence-corrected chi connectivity index (χ4v) is 5.10. The van der Waals surface area contributed by atoms with Crippen molar-refractivity contribution in [1.29, 1.82) is 0 Å². The van der Waals surface area contributed by atoms with Crippen LogP contribution >= 0.6 is 0 Å². The summed E-state index contributed by atoms with van der Waals surface area (Å²) in [6.07, 6.45) is 2.74. The molecule has 0 radical (unpaired) electrons. The molecule has 2 aromatic heterocycles. The fourth-order valence-electron chi connectivity index (χ4n) is 5.10. The van der Waals surface area contributed by atoms with E-state index in [1.807, 2.05) is 55.5 Å². The Bertz CT molecular complexity index is 1580. The van der Waals surface area contributed by atoms with Crippen molar-refractivity contribution in [2.24, 2.45) is 0 Å². The number of aryl methyl sites for hydroxylation is 1. The molecule has 0 atom stereocenters. The molecule has 1 aliphatic rings. The van der Waals surface area contributed by atoms with Gasteiger partial charge in [-0.05, 0) is 36.5 Å². The van der Waals surface area contributed by atoms with Gasteiger partial charge in [0.05, 0.1) is 6.42 Å². The van der Waals surface area contributed by atoms with Crippen molar-refractivity contribution in [1.82, 2.24) is 10.3 Å². The van der Waals surface area contributed by atoms with Gasteiger partial charge in [-0.15, -0.1) is 0 Å². The van der Waals surface area contributed by atoms with Gasteiger partial charge < -0.3 is 19.5 Å². The van der Waals surface area contributed by atoms with E-state index in [0.29, 0.717) is 18.7 Å². The van der Waals surface area contributed by atoms with Gasteiger partial charge in [0.25, 0.3) is 0 Å². The molecule has 0 bridgehead atoms. The predicted molar refractivity (Wildman–Crippen MR) is 149 cm³/mol. The van der Waals surface area contributed by atoms with Crippen molar-refractivity contribution >= 4 is 11.7 Å². The lowest BCUT2D eigenvalue weighted by atomic mass is 9.91. The average molecular weight is 520 g/mol. The summed E-state index contributed by atoms with van der Waals surface area (Å²) in [6.45, 7) is 2.57. The summed E-state index contributed by atoms with van der Waals surface area (Å²) in [7, 11) is 0. The smallest absolute Gasteiger partial charge is 0.304 e. The highest BCUT2D eigenvalue weighted by Gasteiger charge is 2.45. The molecule has 0 amide bonds. The van der Waals surface area contributed by atoms with E-state index in [2.05, 4.69) is 52.0 Å². The maximum absolute atomic E-state index is 11.2. The Hall–Kier alpha value is -4.65.